The molecule has 0 spiro atoms. The summed E-state index contributed by atoms with van der Waals surface area (Å²) < 4.78 is 68.6. The summed E-state index contributed by atoms with van der Waals surface area (Å²) in [5.41, 5.74) is -1.79. The van der Waals surface area contributed by atoms with E-state index >= 15 is 0 Å². The minimum absolute atomic E-state index is 0.236. The summed E-state index contributed by atoms with van der Waals surface area (Å²) >= 11 is 0. The molecule has 1 aliphatic heterocycles. The van der Waals surface area contributed by atoms with Gasteiger partial charge in [0, 0.05) is 0 Å². The van der Waals surface area contributed by atoms with Crippen LogP contribution in [0.4, 0.5) is 17.6 Å². The van der Waals surface area contributed by atoms with E-state index in [4.69, 9.17) is 14.0 Å². The highest BCUT2D eigenvalue weighted by atomic mass is 19.3. The monoisotopic (exact) mass is 377 g/mol. The maximum Gasteiger partial charge on any atom is 0.495 e. The second-order valence-electron chi connectivity index (χ2n) is 6.88. The minimum Gasteiger partial charge on any atom is -0.496 e. The number of benzene rings is 1. The van der Waals surface area contributed by atoms with Crippen LogP contribution in [0.25, 0.3) is 0 Å². The molecule has 1 aromatic carbocycles. The molecule has 0 aromatic heterocycles. The van der Waals surface area contributed by atoms with E-state index in [0.717, 1.165) is 6.07 Å². The zero-order chi connectivity index (χ0) is 19.9. The van der Waals surface area contributed by atoms with E-state index in [9.17, 15) is 22.4 Å². The molecule has 1 fully saturated rings. The molecule has 0 aliphatic carbocycles. The molecule has 1 N–H and O–H groups in total. The van der Waals surface area contributed by atoms with Crippen LogP contribution in [0.1, 0.15) is 38.1 Å². The van der Waals surface area contributed by atoms with Gasteiger partial charge in [0.25, 0.3) is 12.3 Å². The van der Waals surface area contributed by atoms with Crippen molar-refractivity contribution in [1.29, 1.82) is 0 Å². The van der Waals surface area contributed by atoms with Crippen LogP contribution in [0.15, 0.2) is 12.1 Å². The molecule has 26 heavy (non-hydrogen) atoms. The second-order valence-corrected chi connectivity index (χ2v) is 6.88. The number of halogens is 4. The summed E-state index contributed by atoms with van der Waals surface area (Å²) in [7, 11) is 0.245. The van der Waals surface area contributed by atoms with E-state index in [1.54, 1.807) is 0 Å². The third-order valence-corrected chi connectivity index (χ3v) is 4.54. The van der Waals surface area contributed by atoms with Gasteiger partial charge >= 0.3 is 7.12 Å². The van der Waals surface area contributed by atoms with E-state index in [-0.39, 0.29) is 11.2 Å². The summed E-state index contributed by atoms with van der Waals surface area (Å²) in [6.07, 6.45) is -6.36. The third-order valence-electron chi connectivity index (χ3n) is 4.54. The van der Waals surface area contributed by atoms with Gasteiger partial charge in [-0.25, -0.2) is 17.6 Å². The van der Waals surface area contributed by atoms with Gasteiger partial charge in [0.15, 0.2) is 0 Å². The van der Waals surface area contributed by atoms with Gasteiger partial charge in [-0.15, -0.1) is 0 Å². The number of carbonyl (C=O) groups excluding carboxylic acids is 1. The van der Waals surface area contributed by atoms with Crippen molar-refractivity contribution in [3.05, 3.63) is 23.5 Å². The molecule has 1 aromatic rings. The largest absolute Gasteiger partial charge is 0.496 e. The Morgan fingerprint density at radius 1 is 1.15 bits per heavy atom. The number of alkyl halides is 3. The number of hydrogen-bond donors (Lipinski definition) is 1. The van der Waals surface area contributed by atoms with Crippen LogP contribution in [-0.4, -0.2) is 44.1 Å². The molecular formula is C16H20BF4NO4. The third kappa shape index (κ3) is 3.80. The standard InChI is InChI=1S/C16H20BF4NO4/c1-15(2)16(3,4)26-17(25-15)8-6-9(18)11(10(7-8)24-5)14(23)22-13(21)12(19)20/h6-7,12-13H,1-5H3,(H,22,23). The molecule has 144 valence electrons. The summed E-state index contributed by atoms with van der Waals surface area (Å²) in [6.45, 7) is 7.25. The first-order valence-electron chi connectivity index (χ1n) is 7.86. The Kier molecular flexibility index (Phi) is 5.58. The minimum atomic E-state index is -3.43. The first kappa shape index (κ1) is 20.5. The molecule has 1 saturated heterocycles. The Balaban J connectivity index is 2.35. The Labute approximate surface area is 149 Å². The number of carbonyl (C=O) groups is 1. The quantitative estimate of drug-likeness (QED) is 0.487. The second kappa shape index (κ2) is 7.07. The fraction of sp³-hybridized carbons (Fsp3) is 0.562. The topological polar surface area (TPSA) is 56.8 Å². The van der Waals surface area contributed by atoms with Gasteiger partial charge in [0.05, 0.1) is 18.3 Å². The lowest BCUT2D eigenvalue weighted by molar-refractivity contribution is 0.00578. The highest BCUT2D eigenvalue weighted by molar-refractivity contribution is 6.62. The lowest BCUT2D eigenvalue weighted by atomic mass is 9.78. The molecule has 1 atom stereocenters. The Bertz CT molecular complexity index is 683. The number of methoxy groups -OCH3 is 1. The van der Waals surface area contributed by atoms with Crippen LogP contribution in [0, 0.1) is 5.82 Å². The lowest BCUT2D eigenvalue weighted by Gasteiger charge is -2.32. The number of nitrogens with one attached hydrogen (secondary N) is 1. The Morgan fingerprint density at radius 2 is 1.69 bits per heavy atom. The molecule has 1 heterocycles. The summed E-state index contributed by atoms with van der Waals surface area (Å²) in [6, 6.07) is 2.25. The fourth-order valence-electron chi connectivity index (χ4n) is 2.36. The zero-order valence-electron chi connectivity index (χ0n) is 15.0. The Morgan fingerprint density at radius 3 is 2.15 bits per heavy atom. The number of rotatable bonds is 5. The van der Waals surface area contributed by atoms with Crippen molar-refractivity contribution in [3.63, 3.8) is 0 Å². The van der Waals surface area contributed by atoms with Gasteiger partial charge in [0.2, 0.25) is 6.30 Å². The highest BCUT2D eigenvalue weighted by Gasteiger charge is 2.52. The van der Waals surface area contributed by atoms with E-state index in [1.165, 1.54) is 18.5 Å². The summed E-state index contributed by atoms with van der Waals surface area (Å²) in [5, 5.41) is 1.39. The molecular weight excluding hydrogens is 357 g/mol. The van der Waals surface area contributed by atoms with Gasteiger partial charge in [-0.2, -0.15) is 0 Å². The van der Waals surface area contributed by atoms with Crippen LogP contribution in [-0.2, 0) is 9.31 Å². The van der Waals surface area contributed by atoms with Crippen LogP contribution < -0.4 is 15.5 Å². The molecule has 5 nitrogen and oxygen atoms in total. The van der Waals surface area contributed by atoms with Crippen LogP contribution in [0.3, 0.4) is 0 Å². The maximum atomic E-state index is 14.5. The first-order valence-corrected chi connectivity index (χ1v) is 7.86. The predicted octanol–water partition coefficient (Wildman–Crippen LogP) is 2.42. The number of hydrogen-bond acceptors (Lipinski definition) is 4. The van der Waals surface area contributed by atoms with Gasteiger partial charge in [0.1, 0.15) is 17.1 Å². The van der Waals surface area contributed by atoms with E-state index < -0.39 is 48.3 Å². The zero-order valence-corrected chi connectivity index (χ0v) is 15.0. The molecule has 0 bridgehead atoms. The van der Waals surface area contributed by atoms with Crippen molar-refractivity contribution in [2.45, 2.75) is 51.6 Å². The van der Waals surface area contributed by atoms with Crippen molar-refractivity contribution in [3.8, 4) is 5.75 Å². The predicted molar refractivity (Wildman–Crippen MR) is 87.0 cm³/mol. The molecule has 0 saturated carbocycles. The lowest BCUT2D eigenvalue weighted by Crippen LogP contribution is -2.41. The number of ether oxygens (including phenoxy) is 1. The van der Waals surface area contributed by atoms with Gasteiger partial charge in [-0.05, 0) is 45.3 Å². The summed E-state index contributed by atoms with van der Waals surface area (Å²) in [4.78, 5) is 11.9. The van der Waals surface area contributed by atoms with Gasteiger partial charge in [-0.3, -0.25) is 4.79 Å². The molecule has 1 aliphatic rings. The first-order chi connectivity index (χ1) is 11.9. The molecule has 2 rings (SSSR count). The van der Waals surface area contributed by atoms with Crippen molar-refractivity contribution in [2.75, 3.05) is 7.11 Å². The smallest absolute Gasteiger partial charge is 0.495 e. The van der Waals surface area contributed by atoms with Crippen molar-refractivity contribution in [1.82, 2.24) is 5.32 Å². The van der Waals surface area contributed by atoms with E-state index in [0.29, 0.717) is 0 Å². The Hall–Kier alpha value is -1.81. The highest BCUT2D eigenvalue weighted by Crippen LogP contribution is 2.37. The van der Waals surface area contributed by atoms with Gasteiger partial charge in [-0.1, -0.05) is 0 Å². The maximum absolute atomic E-state index is 14.5. The SMILES string of the molecule is COc1cc(B2OC(C)(C)C(C)(C)O2)cc(F)c1C(=O)NC(F)C(F)F. The molecule has 0 radical (unpaired) electrons. The van der Waals surface area contributed by atoms with Crippen LogP contribution in [0.5, 0.6) is 5.75 Å². The average Bonchev–Trinajstić information content (AvgIpc) is 2.74. The van der Waals surface area contributed by atoms with Crippen LogP contribution in [0.2, 0.25) is 0 Å². The van der Waals surface area contributed by atoms with Crippen molar-refractivity contribution < 1.29 is 36.4 Å². The van der Waals surface area contributed by atoms with Gasteiger partial charge < -0.3 is 19.4 Å². The number of amides is 1. The van der Waals surface area contributed by atoms with E-state index in [1.807, 2.05) is 27.7 Å². The normalized spacial score (nSPS) is 19.5. The summed E-state index contributed by atoms with van der Waals surface area (Å²) in [5.74, 6) is -2.69. The fourth-order valence-corrected chi connectivity index (χ4v) is 2.36. The average molecular weight is 377 g/mol. The van der Waals surface area contributed by atoms with E-state index in [2.05, 4.69) is 0 Å². The van der Waals surface area contributed by atoms with Crippen molar-refractivity contribution in [2.24, 2.45) is 0 Å². The molecule has 1 unspecified atom stereocenters. The van der Waals surface area contributed by atoms with Crippen LogP contribution >= 0.6 is 0 Å². The van der Waals surface area contributed by atoms with Crippen molar-refractivity contribution >= 4 is 18.5 Å². The molecule has 10 heteroatoms. The molecule has 1 amide bonds.